The topological polar surface area (TPSA) is 93.1 Å². The quantitative estimate of drug-likeness (QED) is 0.341. The van der Waals surface area contributed by atoms with Gasteiger partial charge < -0.3 is 19.7 Å². The molecular weight excluding hydrogens is 420 g/mol. The lowest BCUT2D eigenvalue weighted by Crippen LogP contribution is -2.10. The molecule has 2 N–H and O–H groups in total. The normalized spacial score (nSPS) is 14.0. The van der Waals surface area contributed by atoms with Crippen molar-refractivity contribution in [3.8, 4) is 23.0 Å². The van der Waals surface area contributed by atoms with Crippen molar-refractivity contribution in [1.82, 2.24) is 0 Å². The van der Waals surface area contributed by atoms with Gasteiger partial charge >= 0.3 is 0 Å². The average molecular weight is 443 g/mol. The maximum Gasteiger partial charge on any atom is 0.189 e. The van der Waals surface area contributed by atoms with Crippen molar-refractivity contribution in [2.75, 3.05) is 14.2 Å². The van der Waals surface area contributed by atoms with Crippen molar-refractivity contribution in [1.29, 1.82) is 0 Å². The SMILES string of the molecule is COc1cc(/C=C/C(=O)C(=C[C]2[CH][CH][CH][CH]2)C(=O)/C=C/c2ccc(O)c(OC)c2)ccc1O. The molecule has 2 aromatic carbocycles. The highest BCUT2D eigenvalue weighted by Crippen LogP contribution is 2.29. The van der Waals surface area contributed by atoms with Crippen LogP contribution < -0.4 is 9.47 Å². The number of phenolic OH excluding ortho intramolecular Hbond substituents is 2. The Bertz CT molecular complexity index is 1030. The summed E-state index contributed by atoms with van der Waals surface area (Å²) in [6.07, 6.45) is 14.5. The maximum absolute atomic E-state index is 12.9. The molecule has 0 heterocycles. The minimum atomic E-state index is -0.471. The molecule has 6 heteroatoms. The van der Waals surface area contributed by atoms with Crippen LogP contribution in [0.15, 0.2) is 60.2 Å². The summed E-state index contributed by atoms with van der Waals surface area (Å²) in [5, 5.41) is 19.4. The first-order valence-corrected chi connectivity index (χ1v) is 10.0. The van der Waals surface area contributed by atoms with E-state index < -0.39 is 11.6 Å². The van der Waals surface area contributed by atoms with Crippen LogP contribution in [-0.2, 0) is 9.59 Å². The standard InChI is InChI=1S/C27H23O6/c1-32-26-16-19(9-13-24(26)30)7-11-22(28)21(15-18-5-3-4-6-18)23(29)12-8-20-10-14-25(31)27(17-20)33-2/h3-17,30-31H,1-2H3/b11-7+,12-8+. The molecule has 1 aliphatic rings. The Morgan fingerprint density at radius 2 is 1.21 bits per heavy atom. The van der Waals surface area contributed by atoms with Crippen LogP contribution in [0.2, 0.25) is 0 Å². The summed E-state index contributed by atoms with van der Waals surface area (Å²) in [6.45, 7) is 0. The fraction of sp³-hybridized carbons (Fsp3) is 0.0741. The summed E-state index contributed by atoms with van der Waals surface area (Å²) in [6, 6.07) is 9.34. The summed E-state index contributed by atoms with van der Waals surface area (Å²) in [4.78, 5) is 25.8. The van der Waals surface area contributed by atoms with Gasteiger partial charge in [-0.25, -0.2) is 0 Å². The molecule has 5 radical (unpaired) electrons. The first-order chi connectivity index (χ1) is 15.9. The lowest BCUT2D eigenvalue weighted by Gasteiger charge is -2.06. The van der Waals surface area contributed by atoms with Gasteiger partial charge in [-0.3, -0.25) is 9.59 Å². The highest BCUT2D eigenvalue weighted by Gasteiger charge is 2.20. The number of aromatic hydroxyl groups is 2. The van der Waals surface area contributed by atoms with Crippen molar-refractivity contribution in [3.05, 3.63) is 103 Å². The van der Waals surface area contributed by atoms with E-state index in [9.17, 15) is 19.8 Å². The predicted octanol–water partition coefficient (Wildman–Crippen LogP) is 4.31. The number of benzene rings is 2. The number of methoxy groups -OCH3 is 2. The summed E-state index contributed by atoms with van der Waals surface area (Å²) in [5.41, 5.74) is 1.25. The van der Waals surface area contributed by atoms with Crippen molar-refractivity contribution in [3.63, 3.8) is 0 Å². The van der Waals surface area contributed by atoms with Gasteiger partial charge in [-0.05, 0) is 73.2 Å². The monoisotopic (exact) mass is 443 g/mol. The van der Waals surface area contributed by atoms with Gasteiger partial charge in [0.1, 0.15) is 0 Å². The van der Waals surface area contributed by atoms with E-state index in [-0.39, 0.29) is 28.6 Å². The van der Waals surface area contributed by atoms with Crippen LogP contribution in [0, 0.1) is 31.6 Å². The number of carbonyl (C=O) groups is 2. The largest absolute Gasteiger partial charge is 0.504 e. The molecule has 3 rings (SSSR count). The van der Waals surface area contributed by atoms with Gasteiger partial charge in [0.05, 0.1) is 19.8 Å². The maximum atomic E-state index is 12.9. The molecule has 0 amide bonds. The Morgan fingerprint density at radius 1 is 0.758 bits per heavy atom. The molecule has 6 nitrogen and oxygen atoms in total. The molecule has 0 aliphatic heterocycles. The lowest BCUT2D eigenvalue weighted by molar-refractivity contribution is -0.116. The van der Waals surface area contributed by atoms with E-state index in [1.54, 1.807) is 49.3 Å². The Morgan fingerprint density at radius 3 is 1.64 bits per heavy atom. The number of hydrogen-bond acceptors (Lipinski definition) is 6. The zero-order chi connectivity index (χ0) is 23.8. The number of allylic oxidation sites excluding steroid dienone is 4. The van der Waals surface area contributed by atoms with Gasteiger partial charge in [0.2, 0.25) is 0 Å². The van der Waals surface area contributed by atoms with Crippen LogP contribution in [0.5, 0.6) is 23.0 Å². The third-order valence-electron chi connectivity index (χ3n) is 4.79. The van der Waals surface area contributed by atoms with Crippen LogP contribution in [0.4, 0.5) is 0 Å². The van der Waals surface area contributed by atoms with E-state index in [0.717, 1.165) is 5.92 Å². The molecule has 0 spiro atoms. The lowest BCUT2D eigenvalue weighted by atomic mass is 9.97. The van der Waals surface area contributed by atoms with Crippen molar-refractivity contribution < 1.29 is 29.3 Å². The Balaban J connectivity index is 1.83. The molecule has 33 heavy (non-hydrogen) atoms. The van der Waals surface area contributed by atoms with Gasteiger partial charge in [-0.2, -0.15) is 0 Å². The number of phenols is 2. The van der Waals surface area contributed by atoms with Crippen molar-refractivity contribution in [2.45, 2.75) is 0 Å². The van der Waals surface area contributed by atoms with E-state index in [2.05, 4.69) is 0 Å². The smallest absolute Gasteiger partial charge is 0.189 e. The van der Waals surface area contributed by atoms with E-state index in [4.69, 9.17) is 9.47 Å². The van der Waals surface area contributed by atoms with Gasteiger partial charge in [0.15, 0.2) is 34.6 Å². The third kappa shape index (κ3) is 6.35. The zero-order valence-corrected chi connectivity index (χ0v) is 18.2. The minimum absolute atomic E-state index is 0.00909. The molecule has 0 atom stereocenters. The molecule has 0 saturated heterocycles. The Hall–Kier alpha value is -3.80. The van der Waals surface area contributed by atoms with Gasteiger partial charge in [0, 0.05) is 5.92 Å². The first kappa shape index (κ1) is 23.9. The second kappa shape index (κ2) is 11.2. The fourth-order valence-electron chi connectivity index (χ4n) is 3.03. The predicted molar refractivity (Wildman–Crippen MR) is 126 cm³/mol. The molecule has 0 unspecified atom stereocenters. The molecule has 0 bridgehead atoms. The summed E-state index contributed by atoms with van der Waals surface area (Å²) in [7, 11) is 2.87. The summed E-state index contributed by atoms with van der Waals surface area (Å²) >= 11 is 0. The van der Waals surface area contributed by atoms with Crippen LogP contribution in [0.1, 0.15) is 11.1 Å². The Kier molecular flexibility index (Phi) is 8.08. The van der Waals surface area contributed by atoms with E-state index >= 15 is 0 Å². The van der Waals surface area contributed by atoms with E-state index in [0.29, 0.717) is 11.1 Å². The number of ketones is 2. The molecule has 2 aromatic rings. The second-order valence-corrected chi connectivity index (χ2v) is 7.03. The van der Waals surface area contributed by atoms with E-state index in [1.807, 2.05) is 12.8 Å². The van der Waals surface area contributed by atoms with Crippen LogP contribution in [-0.4, -0.2) is 36.0 Å². The molecule has 1 fully saturated rings. The third-order valence-corrected chi connectivity index (χ3v) is 4.79. The van der Waals surface area contributed by atoms with Crippen LogP contribution >= 0.6 is 0 Å². The number of rotatable bonds is 9. The highest BCUT2D eigenvalue weighted by atomic mass is 16.5. The number of carbonyl (C=O) groups excluding carboxylic acids is 2. The fourth-order valence-corrected chi connectivity index (χ4v) is 3.03. The summed E-state index contributed by atoms with van der Waals surface area (Å²) in [5.74, 6) is 0.322. The highest BCUT2D eigenvalue weighted by molar-refractivity contribution is 6.29. The first-order valence-electron chi connectivity index (χ1n) is 10.0. The van der Waals surface area contributed by atoms with Crippen LogP contribution in [0.3, 0.4) is 0 Å². The van der Waals surface area contributed by atoms with Gasteiger partial charge in [0.25, 0.3) is 0 Å². The van der Waals surface area contributed by atoms with Gasteiger partial charge in [-0.1, -0.05) is 30.4 Å². The van der Waals surface area contributed by atoms with Crippen LogP contribution in [0.25, 0.3) is 12.2 Å². The molecular formula is C27H23O6. The van der Waals surface area contributed by atoms with Crippen molar-refractivity contribution in [2.24, 2.45) is 0 Å². The number of ether oxygens (including phenoxy) is 2. The summed E-state index contributed by atoms with van der Waals surface area (Å²) < 4.78 is 10.2. The molecule has 167 valence electrons. The number of hydrogen-bond donors (Lipinski definition) is 2. The molecule has 1 saturated carbocycles. The minimum Gasteiger partial charge on any atom is -0.504 e. The molecule has 1 aliphatic carbocycles. The van der Waals surface area contributed by atoms with E-state index in [1.165, 1.54) is 44.6 Å². The average Bonchev–Trinajstić information content (AvgIpc) is 3.34. The zero-order valence-electron chi connectivity index (χ0n) is 18.2. The molecule has 0 aromatic heterocycles. The second-order valence-electron chi connectivity index (χ2n) is 7.03. The Labute approximate surface area is 193 Å². The van der Waals surface area contributed by atoms with Crippen molar-refractivity contribution >= 4 is 23.7 Å². The van der Waals surface area contributed by atoms with Gasteiger partial charge in [-0.15, -0.1) is 0 Å².